The van der Waals surface area contributed by atoms with Crippen molar-refractivity contribution in [3.63, 3.8) is 0 Å². The molecule has 0 amide bonds. The Morgan fingerprint density at radius 1 is 1.16 bits per heavy atom. The Morgan fingerprint density at radius 3 is 2.72 bits per heavy atom. The Balaban J connectivity index is 1.70. The Kier molecular flexibility index (Phi) is 4.06. The first-order chi connectivity index (χ1) is 12.0. The summed E-state index contributed by atoms with van der Waals surface area (Å²) in [6, 6.07) is 15.9. The molecule has 1 aliphatic carbocycles. The van der Waals surface area contributed by atoms with Gasteiger partial charge in [0.05, 0.1) is 12.6 Å². The van der Waals surface area contributed by atoms with Crippen LogP contribution in [-0.4, -0.2) is 31.9 Å². The van der Waals surface area contributed by atoms with E-state index < -0.39 is 15.7 Å². The molecule has 1 spiro atoms. The van der Waals surface area contributed by atoms with E-state index in [2.05, 4.69) is 10.8 Å². The summed E-state index contributed by atoms with van der Waals surface area (Å²) in [5.74, 6) is 0.819. The van der Waals surface area contributed by atoms with Crippen LogP contribution in [0.25, 0.3) is 0 Å². The zero-order valence-electron chi connectivity index (χ0n) is 14.2. The fraction of sp³-hybridized carbons (Fsp3) is 0.368. The third-order valence-electron chi connectivity index (χ3n) is 5.36. The third kappa shape index (κ3) is 2.94. The molecule has 0 bridgehead atoms. The summed E-state index contributed by atoms with van der Waals surface area (Å²) in [5, 5.41) is 0. The Labute approximate surface area is 148 Å². The van der Waals surface area contributed by atoms with E-state index in [0.29, 0.717) is 19.5 Å². The van der Waals surface area contributed by atoms with Crippen LogP contribution in [0.3, 0.4) is 0 Å². The number of nitrogens with zero attached hydrogens (tertiary/aromatic N) is 1. The average molecular weight is 358 g/mol. The van der Waals surface area contributed by atoms with Gasteiger partial charge in [-0.05, 0) is 48.1 Å². The fourth-order valence-corrected chi connectivity index (χ4v) is 5.62. The monoisotopic (exact) mass is 358 g/mol. The van der Waals surface area contributed by atoms with Crippen LogP contribution < -0.4 is 9.46 Å². The molecule has 25 heavy (non-hydrogen) atoms. The van der Waals surface area contributed by atoms with Gasteiger partial charge >= 0.3 is 0 Å². The highest BCUT2D eigenvalue weighted by Gasteiger charge is 2.50. The first-order valence-corrected chi connectivity index (χ1v) is 9.94. The molecule has 132 valence electrons. The van der Waals surface area contributed by atoms with Gasteiger partial charge in [0.15, 0.2) is 0 Å². The van der Waals surface area contributed by atoms with Crippen LogP contribution in [0.2, 0.25) is 0 Å². The summed E-state index contributed by atoms with van der Waals surface area (Å²) in [7, 11) is -1.80. The minimum absolute atomic E-state index is 0.398. The van der Waals surface area contributed by atoms with E-state index in [0.717, 1.165) is 24.2 Å². The highest BCUT2D eigenvalue weighted by Crippen LogP contribution is 2.39. The summed E-state index contributed by atoms with van der Waals surface area (Å²) in [4.78, 5) is 0. The van der Waals surface area contributed by atoms with Gasteiger partial charge in [-0.15, -0.1) is 0 Å². The second kappa shape index (κ2) is 6.12. The number of ether oxygens (including phenoxy) is 1. The van der Waals surface area contributed by atoms with Crippen LogP contribution in [-0.2, 0) is 29.6 Å². The van der Waals surface area contributed by atoms with E-state index in [9.17, 15) is 8.42 Å². The summed E-state index contributed by atoms with van der Waals surface area (Å²) < 4.78 is 35.1. The second-order valence-electron chi connectivity index (χ2n) is 6.85. The summed E-state index contributed by atoms with van der Waals surface area (Å²) in [6.07, 6.45) is 2.41. The van der Waals surface area contributed by atoms with Crippen LogP contribution in [0.5, 0.6) is 5.75 Å². The van der Waals surface area contributed by atoms with E-state index in [4.69, 9.17) is 4.74 Å². The van der Waals surface area contributed by atoms with Crippen molar-refractivity contribution in [3.8, 4) is 5.75 Å². The molecule has 2 aliphatic rings. The predicted octanol–water partition coefficient (Wildman–Crippen LogP) is 2.27. The van der Waals surface area contributed by atoms with E-state index >= 15 is 0 Å². The van der Waals surface area contributed by atoms with Crippen molar-refractivity contribution in [2.24, 2.45) is 0 Å². The number of hydrogen-bond acceptors (Lipinski definition) is 3. The fourth-order valence-electron chi connectivity index (χ4n) is 3.96. The third-order valence-corrected chi connectivity index (χ3v) is 6.97. The van der Waals surface area contributed by atoms with Gasteiger partial charge in [0, 0.05) is 13.1 Å². The molecule has 1 fully saturated rings. The van der Waals surface area contributed by atoms with Gasteiger partial charge in [0.25, 0.3) is 10.2 Å². The van der Waals surface area contributed by atoms with Crippen molar-refractivity contribution >= 4 is 10.2 Å². The molecular formula is C19H22N2O3S. The zero-order chi connectivity index (χ0) is 17.5. The number of aryl methyl sites for hydroxylation is 1. The minimum atomic E-state index is -3.46. The molecule has 1 atom stereocenters. The average Bonchev–Trinajstić information content (AvgIpc) is 2.87. The number of benzene rings is 2. The quantitative estimate of drug-likeness (QED) is 0.916. The number of nitrogens with one attached hydrogen (secondary N) is 1. The molecule has 0 aromatic heterocycles. The smallest absolute Gasteiger partial charge is 0.280 e. The molecule has 1 N–H and O–H groups in total. The number of fused-ring (bicyclic) bond motifs is 1. The van der Waals surface area contributed by atoms with Crippen LogP contribution in [0.15, 0.2) is 48.5 Å². The molecule has 5 nitrogen and oxygen atoms in total. The Hall–Kier alpha value is -1.89. The molecule has 1 aliphatic heterocycles. The number of rotatable bonds is 3. The van der Waals surface area contributed by atoms with Gasteiger partial charge in [-0.3, -0.25) is 0 Å². The highest BCUT2D eigenvalue weighted by atomic mass is 32.2. The lowest BCUT2D eigenvalue weighted by molar-refractivity contribution is 0.184. The van der Waals surface area contributed by atoms with Crippen molar-refractivity contribution in [1.29, 1.82) is 0 Å². The standard InChI is InChI=1S/C19H22N2O3S/c1-24-18-8-7-16-9-10-19(12-17(16)11-18)14-20-25(22,23)21(19)13-15-5-3-2-4-6-15/h2-8,11,20H,9-10,12-14H2,1H3. The van der Waals surface area contributed by atoms with Gasteiger partial charge < -0.3 is 4.74 Å². The normalized spacial score (nSPS) is 25.0. The Morgan fingerprint density at radius 2 is 1.96 bits per heavy atom. The first-order valence-electron chi connectivity index (χ1n) is 8.50. The van der Waals surface area contributed by atoms with Gasteiger partial charge in [0.2, 0.25) is 0 Å². The zero-order valence-corrected chi connectivity index (χ0v) is 15.1. The SMILES string of the molecule is COc1ccc2c(c1)CC1(CC2)CNS(=O)(=O)N1Cc1ccccc1. The molecule has 0 saturated carbocycles. The number of hydrogen-bond donors (Lipinski definition) is 1. The maximum absolute atomic E-state index is 12.7. The van der Waals surface area contributed by atoms with Crippen molar-refractivity contribution in [3.05, 3.63) is 65.2 Å². The lowest BCUT2D eigenvalue weighted by Gasteiger charge is -2.39. The molecule has 0 radical (unpaired) electrons. The van der Waals surface area contributed by atoms with Crippen molar-refractivity contribution in [2.75, 3.05) is 13.7 Å². The number of methoxy groups -OCH3 is 1. The van der Waals surface area contributed by atoms with Crippen molar-refractivity contribution in [1.82, 2.24) is 9.03 Å². The lowest BCUT2D eigenvalue weighted by Crippen LogP contribution is -2.50. The van der Waals surface area contributed by atoms with E-state index in [1.54, 1.807) is 11.4 Å². The summed E-state index contributed by atoms with van der Waals surface area (Å²) in [6.45, 7) is 0.855. The van der Waals surface area contributed by atoms with Crippen LogP contribution in [0.1, 0.15) is 23.1 Å². The molecule has 1 unspecified atom stereocenters. The highest BCUT2D eigenvalue weighted by molar-refractivity contribution is 7.87. The molecular weight excluding hydrogens is 336 g/mol. The molecule has 2 aromatic rings. The van der Waals surface area contributed by atoms with Gasteiger partial charge in [-0.1, -0.05) is 36.4 Å². The molecule has 4 rings (SSSR count). The second-order valence-corrected chi connectivity index (χ2v) is 8.53. The van der Waals surface area contributed by atoms with Crippen LogP contribution in [0, 0.1) is 0 Å². The maximum atomic E-state index is 12.7. The molecule has 6 heteroatoms. The van der Waals surface area contributed by atoms with Gasteiger partial charge in [-0.25, -0.2) is 4.72 Å². The Bertz CT molecular complexity index is 883. The van der Waals surface area contributed by atoms with E-state index in [1.807, 2.05) is 42.5 Å². The topological polar surface area (TPSA) is 58.6 Å². The minimum Gasteiger partial charge on any atom is -0.497 e. The predicted molar refractivity (Wildman–Crippen MR) is 96.7 cm³/mol. The van der Waals surface area contributed by atoms with E-state index in [1.165, 1.54) is 11.1 Å². The lowest BCUT2D eigenvalue weighted by atomic mass is 9.77. The molecule has 1 heterocycles. The largest absolute Gasteiger partial charge is 0.497 e. The maximum Gasteiger partial charge on any atom is 0.280 e. The first kappa shape index (κ1) is 16.6. The van der Waals surface area contributed by atoms with Crippen LogP contribution >= 0.6 is 0 Å². The summed E-state index contributed by atoms with van der Waals surface area (Å²) in [5.41, 5.74) is 3.07. The molecule has 1 saturated heterocycles. The summed E-state index contributed by atoms with van der Waals surface area (Å²) >= 11 is 0. The van der Waals surface area contributed by atoms with E-state index in [-0.39, 0.29) is 0 Å². The van der Waals surface area contributed by atoms with Gasteiger partial charge in [-0.2, -0.15) is 12.7 Å². The van der Waals surface area contributed by atoms with Crippen molar-refractivity contribution < 1.29 is 13.2 Å². The molecule has 2 aromatic carbocycles. The van der Waals surface area contributed by atoms with Crippen molar-refractivity contribution in [2.45, 2.75) is 31.3 Å². The van der Waals surface area contributed by atoms with Crippen LogP contribution in [0.4, 0.5) is 0 Å². The van der Waals surface area contributed by atoms with Gasteiger partial charge in [0.1, 0.15) is 5.75 Å².